The molecule has 0 saturated heterocycles. The van der Waals surface area contributed by atoms with Gasteiger partial charge in [0.1, 0.15) is 24.4 Å². The average molecular weight is 395 g/mol. The summed E-state index contributed by atoms with van der Waals surface area (Å²) in [5.74, 6) is -0.666. The molecule has 150 valence electrons. The van der Waals surface area contributed by atoms with Gasteiger partial charge in [0, 0.05) is 24.0 Å². The number of amides is 2. The van der Waals surface area contributed by atoms with Crippen LogP contribution in [0, 0.1) is 0 Å². The molecule has 0 bridgehead atoms. The van der Waals surface area contributed by atoms with E-state index in [2.05, 4.69) is 25.8 Å². The van der Waals surface area contributed by atoms with Crippen molar-refractivity contribution in [3.05, 3.63) is 65.1 Å². The van der Waals surface area contributed by atoms with E-state index in [1.165, 1.54) is 34.2 Å². The molecule has 29 heavy (non-hydrogen) atoms. The number of hydrogen-bond donors (Lipinski definition) is 2. The Labute approximate surface area is 166 Å². The van der Waals surface area contributed by atoms with E-state index < -0.39 is 11.9 Å². The van der Waals surface area contributed by atoms with Gasteiger partial charge in [0.2, 0.25) is 5.91 Å². The molecule has 2 amide bonds. The van der Waals surface area contributed by atoms with Crippen LogP contribution in [0.25, 0.3) is 0 Å². The predicted molar refractivity (Wildman–Crippen MR) is 107 cm³/mol. The van der Waals surface area contributed by atoms with Crippen molar-refractivity contribution in [1.29, 1.82) is 0 Å². The number of anilines is 2. The number of nitrogens with zero attached hydrogens (tertiary/aromatic N) is 5. The van der Waals surface area contributed by atoms with Crippen LogP contribution in [-0.4, -0.2) is 36.4 Å². The minimum Gasteiger partial charge on any atom is -0.324 e. The predicted octanol–water partition coefficient (Wildman–Crippen LogP) is 1.70. The second-order valence-electron chi connectivity index (χ2n) is 6.35. The van der Waals surface area contributed by atoms with Crippen molar-refractivity contribution in [2.75, 3.05) is 10.6 Å². The quantitative estimate of drug-likeness (QED) is 0.627. The van der Waals surface area contributed by atoms with Crippen LogP contribution in [0.4, 0.5) is 11.4 Å². The third-order valence-electron chi connectivity index (χ3n) is 4.16. The summed E-state index contributed by atoms with van der Waals surface area (Å²) in [7, 11) is 0. The number of carbonyl (C=O) groups excluding carboxylic acids is 2. The van der Waals surface area contributed by atoms with E-state index in [9.17, 15) is 14.4 Å². The molecule has 0 aliphatic rings. The molecule has 2 heterocycles. The summed E-state index contributed by atoms with van der Waals surface area (Å²) in [6, 6.07) is 8.88. The van der Waals surface area contributed by atoms with Crippen LogP contribution in [-0.2, 0) is 11.3 Å². The fourth-order valence-corrected chi connectivity index (χ4v) is 2.56. The largest absolute Gasteiger partial charge is 0.324 e. The van der Waals surface area contributed by atoms with Crippen LogP contribution in [0.2, 0.25) is 0 Å². The third-order valence-corrected chi connectivity index (χ3v) is 4.16. The van der Waals surface area contributed by atoms with Gasteiger partial charge in [-0.2, -0.15) is 10.2 Å². The first-order valence-electron chi connectivity index (χ1n) is 9.12. The minimum absolute atomic E-state index is 0.150. The Morgan fingerprint density at radius 3 is 2.38 bits per heavy atom. The summed E-state index contributed by atoms with van der Waals surface area (Å²) in [5.41, 5.74) is 1.02. The van der Waals surface area contributed by atoms with Gasteiger partial charge >= 0.3 is 0 Å². The van der Waals surface area contributed by atoms with Gasteiger partial charge in [0.15, 0.2) is 0 Å². The lowest BCUT2D eigenvalue weighted by Gasteiger charge is -2.12. The second kappa shape index (κ2) is 8.91. The Morgan fingerprint density at radius 2 is 1.76 bits per heavy atom. The Kier molecular flexibility index (Phi) is 6.12. The van der Waals surface area contributed by atoms with Crippen LogP contribution < -0.4 is 16.2 Å². The highest BCUT2D eigenvalue weighted by molar-refractivity contribution is 6.03. The van der Waals surface area contributed by atoms with Crippen LogP contribution in [0.1, 0.15) is 36.8 Å². The van der Waals surface area contributed by atoms with Gasteiger partial charge in [0.25, 0.3) is 11.5 Å². The van der Waals surface area contributed by atoms with Crippen molar-refractivity contribution in [3.63, 3.8) is 0 Å². The van der Waals surface area contributed by atoms with Crippen molar-refractivity contribution in [3.8, 4) is 0 Å². The molecule has 10 nitrogen and oxygen atoms in total. The summed E-state index contributed by atoms with van der Waals surface area (Å²) < 4.78 is 2.72. The van der Waals surface area contributed by atoms with Gasteiger partial charge in [-0.25, -0.2) is 14.3 Å². The van der Waals surface area contributed by atoms with Gasteiger partial charge in [-0.1, -0.05) is 6.92 Å². The van der Waals surface area contributed by atoms with Gasteiger partial charge in [-0.15, -0.1) is 0 Å². The van der Waals surface area contributed by atoms with E-state index in [4.69, 9.17) is 0 Å². The first-order chi connectivity index (χ1) is 14.0. The molecule has 0 aliphatic carbocycles. The molecular formula is C19H21N7O3. The first-order valence-corrected chi connectivity index (χ1v) is 9.12. The van der Waals surface area contributed by atoms with E-state index in [1.54, 1.807) is 31.2 Å². The first kappa shape index (κ1) is 19.9. The lowest BCUT2D eigenvalue weighted by molar-refractivity contribution is -0.119. The summed E-state index contributed by atoms with van der Waals surface area (Å²) in [4.78, 5) is 40.2. The van der Waals surface area contributed by atoms with Crippen molar-refractivity contribution < 1.29 is 9.59 Å². The van der Waals surface area contributed by atoms with Gasteiger partial charge in [0.05, 0.1) is 0 Å². The Morgan fingerprint density at radius 1 is 1.07 bits per heavy atom. The molecule has 2 aromatic heterocycles. The molecule has 0 saturated carbocycles. The van der Waals surface area contributed by atoms with E-state index in [-0.39, 0.29) is 17.2 Å². The summed E-state index contributed by atoms with van der Waals surface area (Å²) in [6.45, 7) is 4.08. The summed E-state index contributed by atoms with van der Waals surface area (Å²) >= 11 is 0. The van der Waals surface area contributed by atoms with E-state index in [0.29, 0.717) is 17.9 Å². The van der Waals surface area contributed by atoms with Crippen molar-refractivity contribution in [2.45, 2.75) is 32.9 Å². The molecule has 0 unspecified atom stereocenters. The number of hydrogen-bond acceptors (Lipinski definition) is 6. The number of aromatic nitrogens is 5. The second-order valence-corrected chi connectivity index (χ2v) is 6.35. The molecule has 10 heteroatoms. The zero-order chi connectivity index (χ0) is 20.8. The molecule has 0 spiro atoms. The van der Waals surface area contributed by atoms with E-state index in [1.807, 2.05) is 6.92 Å². The zero-order valence-electron chi connectivity index (χ0n) is 16.1. The average Bonchev–Trinajstić information content (AvgIpc) is 3.25. The standard InChI is InChI=1S/C19H21N7O3/c1-3-10-25-17(27)9-8-16(24-25)19(29)23-15-6-4-14(5-7-15)22-18(28)13(2)26-12-20-11-21-26/h4-9,11-13H,3,10H2,1-2H3,(H,22,28)(H,23,29)/t13-/m1/s1. The molecule has 2 N–H and O–H groups in total. The van der Waals surface area contributed by atoms with Crippen molar-refractivity contribution >= 4 is 23.2 Å². The number of carbonyl (C=O) groups is 2. The van der Waals surface area contributed by atoms with Crippen LogP contribution >= 0.6 is 0 Å². The number of aryl methyl sites for hydroxylation is 1. The van der Waals surface area contributed by atoms with Crippen LogP contribution in [0.5, 0.6) is 0 Å². The maximum atomic E-state index is 12.4. The molecule has 3 aromatic rings. The van der Waals surface area contributed by atoms with Crippen LogP contribution in [0.15, 0.2) is 53.8 Å². The minimum atomic E-state index is -0.512. The molecule has 1 atom stereocenters. The van der Waals surface area contributed by atoms with Gasteiger partial charge in [-0.05, 0) is 43.7 Å². The van der Waals surface area contributed by atoms with Crippen molar-refractivity contribution in [1.82, 2.24) is 24.5 Å². The number of benzene rings is 1. The fourth-order valence-electron chi connectivity index (χ4n) is 2.56. The van der Waals surface area contributed by atoms with Crippen molar-refractivity contribution in [2.24, 2.45) is 0 Å². The monoisotopic (exact) mass is 395 g/mol. The molecule has 0 radical (unpaired) electrons. The van der Waals surface area contributed by atoms with Crippen LogP contribution in [0.3, 0.4) is 0 Å². The smallest absolute Gasteiger partial charge is 0.276 e. The Bertz CT molecular complexity index is 1040. The number of nitrogens with one attached hydrogen (secondary N) is 2. The summed E-state index contributed by atoms with van der Waals surface area (Å²) in [6.07, 6.45) is 3.58. The lowest BCUT2D eigenvalue weighted by atomic mass is 10.2. The maximum absolute atomic E-state index is 12.4. The fraction of sp³-hybridized carbons (Fsp3) is 0.263. The van der Waals surface area contributed by atoms with E-state index >= 15 is 0 Å². The lowest BCUT2D eigenvalue weighted by Crippen LogP contribution is -2.26. The van der Waals surface area contributed by atoms with E-state index in [0.717, 1.165) is 6.42 Å². The Balaban J connectivity index is 1.63. The SMILES string of the molecule is CCCn1nc(C(=O)Nc2ccc(NC(=O)[C@@H](C)n3cncn3)cc2)ccc1=O. The normalized spacial score (nSPS) is 11.7. The highest BCUT2D eigenvalue weighted by Crippen LogP contribution is 2.16. The highest BCUT2D eigenvalue weighted by atomic mass is 16.2. The van der Waals surface area contributed by atoms with Gasteiger partial charge < -0.3 is 10.6 Å². The van der Waals surface area contributed by atoms with Gasteiger partial charge in [-0.3, -0.25) is 14.4 Å². The third kappa shape index (κ3) is 4.92. The topological polar surface area (TPSA) is 124 Å². The Hall–Kier alpha value is -3.82. The molecule has 3 rings (SSSR count). The summed E-state index contributed by atoms with van der Waals surface area (Å²) in [5, 5.41) is 13.5. The zero-order valence-corrected chi connectivity index (χ0v) is 16.1. The highest BCUT2D eigenvalue weighted by Gasteiger charge is 2.15. The maximum Gasteiger partial charge on any atom is 0.276 e. The molecule has 0 fully saturated rings. The molecule has 0 aliphatic heterocycles. The molecule has 1 aromatic carbocycles. The number of rotatable bonds is 7. The molecular weight excluding hydrogens is 374 g/mol.